The van der Waals surface area contributed by atoms with Crippen LogP contribution >= 0.6 is 0 Å². The van der Waals surface area contributed by atoms with Crippen molar-refractivity contribution in [2.45, 2.75) is 6.92 Å². The molecule has 0 amide bonds. The molecule has 5 rings (SSSR count). The summed E-state index contributed by atoms with van der Waals surface area (Å²) in [6.45, 7) is 1.89. The lowest BCUT2D eigenvalue weighted by Crippen LogP contribution is -2.03. The fourth-order valence-corrected chi connectivity index (χ4v) is 3.42. The van der Waals surface area contributed by atoms with Crippen molar-refractivity contribution in [3.8, 4) is 6.07 Å². The monoisotopic (exact) mass is 380 g/mol. The molecule has 2 N–H and O–H groups in total. The Kier molecular flexibility index (Phi) is 3.92. The lowest BCUT2D eigenvalue weighted by molar-refractivity contribution is 0.617. The summed E-state index contributed by atoms with van der Waals surface area (Å²) in [5.74, 6) is 1.07. The first-order valence-electron chi connectivity index (χ1n) is 9.11. The number of pyridine rings is 1. The molecule has 2 aromatic carbocycles. The molecule has 0 bridgehead atoms. The highest BCUT2D eigenvalue weighted by molar-refractivity contribution is 5.92. The van der Waals surface area contributed by atoms with Crippen LogP contribution in [-0.2, 0) is 0 Å². The largest absolute Gasteiger partial charge is 0.462 e. The van der Waals surface area contributed by atoms with Crippen LogP contribution in [0.2, 0.25) is 0 Å². The summed E-state index contributed by atoms with van der Waals surface area (Å²) in [7, 11) is 0. The van der Waals surface area contributed by atoms with E-state index in [2.05, 4.69) is 21.7 Å². The third kappa shape index (κ3) is 2.95. The molecular formula is C23H16N4O2. The van der Waals surface area contributed by atoms with Crippen molar-refractivity contribution >= 4 is 44.9 Å². The van der Waals surface area contributed by atoms with E-state index >= 15 is 0 Å². The molecule has 0 saturated heterocycles. The van der Waals surface area contributed by atoms with E-state index in [4.69, 9.17) is 8.83 Å². The molecule has 6 nitrogen and oxygen atoms in total. The number of rotatable bonds is 4. The van der Waals surface area contributed by atoms with Crippen molar-refractivity contribution in [2.75, 3.05) is 10.6 Å². The van der Waals surface area contributed by atoms with E-state index in [-0.39, 0.29) is 0 Å². The molecule has 0 radical (unpaired) electrons. The van der Waals surface area contributed by atoms with Gasteiger partial charge < -0.3 is 19.5 Å². The number of benzene rings is 2. The van der Waals surface area contributed by atoms with Gasteiger partial charge in [0.05, 0.1) is 29.5 Å². The molecule has 0 aliphatic carbocycles. The van der Waals surface area contributed by atoms with Gasteiger partial charge in [-0.1, -0.05) is 24.3 Å². The Balaban J connectivity index is 1.57. The van der Waals surface area contributed by atoms with Gasteiger partial charge in [-0.05, 0) is 42.8 Å². The Morgan fingerprint density at radius 1 is 0.862 bits per heavy atom. The van der Waals surface area contributed by atoms with Gasteiger partial charge in [0.2, 0.25) is 0 Å². The van der Waals surface area contributed by atoms with E-state index in [0.29, 0.717) is 17.2 Å². The van der Waals surface area contributed by atoms with Gasteiger partial charge in [-0.15, -0.1) is 0 Å². The van der Waals surface area contributed by atoms with E-state index < -0.39 is 0 Å². The van der Waals surface area contributed by atoms with Crippen LogP contribution in [0.1, 0.15) is 11.1 Å². The zero-order valence-electron chi connectivity index (χ0n) is 15.6. The molecular weight excluding hydrogens is 364 g/mol. The number of aryl methyl sites for hydroxylation is 1. The number of nitriles is 1. The maximum absolute atomic E-state index is 9.66. The second-order valence-corrected chi connectivity index (χ2v) is 6.70. The van der Waals surface area contributed by atoms with Crippen LogP contribution in [0.3, 0.4) is 0 Å². The molecule has 29 heavy (non-hydrogen) atoms. The third-order valence-electron chi connectivity index (χ3n) is 4.80. The predicted octanol–water partition coefficient (Wildman–Crippen LogP) is 6.24. The number of para-hydroxylation sites is 2. The Morgan fingerprint density at radius 3 is 2.10 bits per heavy atom. The summed E-state index contributed by atoms with van der Waals surface area (Å²) < 4.78 is 11.2. The summed E-state index contributed by atoms with van der Waals surface area (Å²) in [6, 6.07) is 19.6. The molecule has 140 valence electrons. The SMILES string of the molecule is Cc1cc(Nc2cccc3ccoc23)nc(Nc2cccc3ccoc23)c1C#N. The first-order valence-corrected chi connectivity index (χ1v) is 9.11. The molecule has 5 aromatic rings. The zero-order chi connectivity index (χ0) is 19.8. The average Bonchev–Trinajstić information content (AvgIpc) is 3.38. The molecule has 0 aliphatic heterocycles. The van der Waals surface area contributed by atoms with Gasteiger partial charge in [-0.2, -0.15) is 5.26 Å². The predicted molar refractivity (Wildman–Crippen MR) is 113 cm³/mol. The van der Waals surface area contributed by atoms with E-state index in [0.717, 1.165) is 38.9 Å². The summed E-state index contributed by atoms with van der Waals surface area (Å²) in [5, 5.41) is 18.2. The lowest BCUT2D eigenvalue weighted by atomic mass is 10.1. The number of furan rings is 2. The van der Waals surface area contributed by atoms with Crippen LogP contribution in [-0.4, -0.2) is 4.98 Å². The maximum Gasteiger partial charge on any atom is 0.157 e. The van der Waals surface area contributed by atoms with Gasteiger partial charge in [0.1, 0.15) is 11.9 Å². The summed E-state index contributed by atoms with van der Waals surface area (Å²) in [6.07, 6.45) is 3.30. The van der Waals surface area contributed by atoms with Crippen molar-refractivity contribution in [3.63, 3.8) is 0 Å². The molecule has 0 atom stereocenters. The minimum absolute atomic E-state index is 0.463. The van der Waals surface area contributed by atoms with Crippen LogP contribution in [0.5, 0.6) is 0 Å². The minimum Gasteiger partial charge on any atom is -0.462 e. The third-order valence-corrected chi connectivity index (χ3v) is 4.80. The lowest BCUT2D eigenvalue weighted by Gasteiger charge is -2.13. The van der Waals surface area contributed by atoms with Crippen LogP contribution < -0.4 is 10.6 Å². The van der Waals surface area contributed by atoms with Gasteiger partial charge >= 0.3 is 0 Å². The minimum atomic E-state index is 0.463. The first kappa shape index (κ1) is 16.9. The van der Waals surface area contributed by atoms with Gasteiger partial charge in [-0.25, -0.2) is 4.98 Å². The van der Waals surface area contributed by atoms with Gasteiger partial charge in [-0.3, -0.25) is 0 Å². The van der Waals surface area contributed by atoms with Crippen molar-refractivity contribution in [1.29, 1.82) is 5.26 Å². The molecule has 0 fully saturated rings. The quantitative estimate of drug-likeness (QED) is 0.384. The topological polar surface area (TPSA) is 87.0 Å². The number of anilines is 4. The maximum atomic E-state index is 9.66. The second kappa shape index (κ2) is 6.73. The Hall–Kier alpha value is -4.24. The van der Waals surface area contributed by atoms with Crippen molar-refractivity contribution in [2.24, 2.45) is 0 Å². The Morgan fingerprint density at radius 2 is 1.48 bits per heavy atom. The smallest absolute Gasteiger partial charge is 0.157 e. The molecule has 3 aromatic heterocycles. The van der Waals surface area contributed by atoms with Gasteiger partial charge in [0.15, 0.2) is 17.0 Å². The second-order valence-electron chi connectivity index (χ2n) is 6.70. The summed E-state index contributed by atoms with van der Waals surface area (Å²) in [5.41, 5.74) is 4.33. The highest BCUT2D eigenvalue weighted by atomic mass is 16.3. The van der Waals surface area contributed by atoms with E-state index in [1.165, 1.54) is 0 Å². The van der Waals surface area contributed by atoms with Crippen LogP contribution in [0.25, 0.3) is 21.9 Å². The number of fused-ring (bicyclic) bond motifs is 2. The Bertz CT molecular complexity index is 1390. The van der Waals surface area contributed by atoms with Gasteiger partial charge in [0, 0.05) is 10.8 Å². The van der Waals surface area contributed by atoms with Gasteiger partial charge in [0.25, 0.3) is 0 Å². The zero-order valence-corrected chi connectivity index (χ0v) is 15.6. The van der Waals surface area contributed by atoms with E-state index in [9.17, 15) is 5.26 Å². The molecule has 0 unspecified atom stereocenters. The summed E-state index contributed by atoms with van der Waals surface area (Å²) >= 11 is 0. The number of hydrogen-bond donors (Lipinski definition) is 2. The van der Waals surface area contributed by atoms with Crippen LogP contribution in [0, 0.1) is 18.3 Å². The van der Waals surface area contributed by atoms with Crippen molar-refractivity contribution in [3.05, 3.63) is 78.3 Å². The molecule has 6 heteroatoms. The van der Waals surface area contributed by atoms with Crippen molar-refractivity contribution in [1.82, 2.24) is 4.98 Å². The number of hydrogen-bond acceptors (Lipinski definition) is 6. The highest BCUT2D eigenvalue weighted by Gasteiger charge is 2.14. The molecule has 0 saturated carbocycles. The fraction of sp³-hybridized carbons (Fsp3) is 0.0435. The highest BCUT2D eigenvalue weighted by Crippen LogP contribution is 2.32. The van der Waals surface area contributed by atoms with Crippen LogP contribution in [0.15, 0.2) is 76.0 Å². The standard InChI is InChI=1S/C23H16N4O2/c1-14-12-20(25-18-6-2-4-15-8-10-28-21(15)18)27-23(17(14)13-24)26-19-7-3-5-16-9-11-29-22(16)19/h2-12H,1H3,(H2,25,26,27). The number of nitrogens with one attached hydrogen (secondary N) is 2. The fourth-order valence-electron chi connectivity index (χ4n) is 3.42. The first-order chi connectivity index (χ1) is 14.2. The Labute approximate surface area is 166 Å². The normalized spacial score (nSPS) is 10.9. The number of aromatic nitrogens is 1. The molecule has 3 heterocycles. The summed E-state index contributed by atoms with van der Waals surface area (Å²) in [4.78, 5) is 4.65. The van der Waals surface area contributed by atoms with Crippen LogP contribution in [0.4, 0.5) is 23.0 Å². The van der Waals surface area contributed by atoms with Crippen molar-refractivity contribution < 1.29 is 8.83 Å². The van der Waals surface area contributed by atoms with E-state index in [1.807, 2.05) is 61.5 Å². The molecule has 0 aliphatic rings. The molecule has 0 spiro atoms. The van der Waals surface area contributed by atoms with E-state index in [1.54, 1.807) is 12.5 Å². The average molecular weight is 380 g/mol. The number of nitrogens with zero attached hydrogens (tertiary/aromatic N) is 2.